The average molecular weight is 213 g/mol. The van der Waals surface area contributed by atoms with Crippen molar-refractivity contribution in [3.05, 3.63) is 0 Å². The Morgan fingerprint density at radius 3 is 2.87 bits per heavy atom. The monoisotopic (exact) mass is 213 g/mol. The van der Waals surface area contributed by atoms with Crippen molar-refractivity contribution >= 4 is 5.96 Å². The molecular weight excluding hydrogens is 190 g/mol. The van der Waals surface area contributed by atoms with Crippen LogP contribution >= 0.6 is 0 Å². The molecule has 1 heterocycles. The molecule has 2 atom stereocenters. The Kier molecular flexibility index (Phi) is 4.88. The van der Waals surface area contributed by atoms with E-state index in [1.165, 1.54) is 6.42 Å². The van der Waals surface area contributed by atoms with Crippen LogP contribution in [0.3, 0.4) is 0 Å². The van der Waals surface area contributed by atoms with Gasteiger partial charge < -0.3 is 15.4 Å². The number of ether oxygens (including phenoxy) is 1. The first-order valence-electron chi connectivity index (χ1n) is 5.68. The minimum Gasteiger partial charge on any atom is -0.378 e. The van der Waals surface area contributed by atoms with Gasteiger partial charge in [-0.25, -0.2) is 0 Å². The zero-order valence-electron chi connectivity index (χ0n) is 10.1. The number of hydrogen-bond acceptors (Lipinski definition) is 2. The van der Waals surface area contributed by atoms with Crippen molar-refractivity contribution in [2.45, 2.75) is 32.3 Å². The second-order valence-electron chi connectivity index (χ2n) is 4.49. The van der Waals surface area contributed by atoms with E-state index in [2.05, 4.69) is 11.9 Å². The van der Waals surface area contributed by atoms with E-state index < -0.39 is 0 Å². The van der Waals surface area contributed by atoms with Crippen LogP contribution in [-0.2, 0) is 4.74 Å². The van der Waals surface area contributed by atoms with E-state index in [-0.39, 0.29) is 0 Å². The molecule has 0 bridgehead atoms. The molecule has 0 aromatic carbocycles. The van der Waals surface area contributed by atoms with Crippen molar-refractivity contribution in [3.63, 3.8) is 0 Å². The van der Waals surface area contributed by atoms with Crippen molar-refractivity contribution in [1.29, 1.82) is 0 Å². The van der Waals surface area contributed by atoms with Gasteiger partial charge in [-0.15, -0.1) is 0 Å². The van der Waals surface area contributed by atoms with Crippen molar-refractivity contribution in [2.24, 2.45) is 16.6 Å². The topological polar surface area (TPSA) is 50.8 Å². The second-order valence-corrected chi connectivity index (χ2v) is 4.49. The number of hydrogen-bond donors (Lipinski definition) is 1. The summed E-state index contributed by atoms with van der Waals surface area (Å²) in [6.45, 7) is 3.88. The molecule has 1 aliphatic rings. The number of nitrogens with zero attached hydrogens (tertiary/aromatic N) is 2. The third-order valence-electron chi connectivity index (χ3n) is 2.86. The van der Waals surface area contributed by atoms with Crippen LogP contribution in [0.15, 0.2) is 4.99 Å². The molecule has 1 fully saturated rings. The van der Waals surface area contributed by atoms with Gasteiger partial charge in [0.15, 0.2) is 5.96 Å². The molecular formula is C11H23N3O. The fraction of sp³-hybridized carbons (Fsp3) is 0.909. The molecule has 1 aliphatic heterocycles. The summed E-state index contributed by atoms with van der Waals surface area (Å²) in [4.78, 5) is 6.16. The minimum absolute atomic E-state index is 0.416. The van der Waals surface area contributed by atoms with Gasteiger partial charge in [-0.3, -0.25) is 4.99 Å². The van der Waals surface area contributed by atoms with Gasteiger partial charge in [-0.2, -0.15) is 0 Å². The van der Waals surface area contributed by atoms with Gasteiger partial charge in [-0.05, 0) is 32.1 Å². The number of rotatable bonds is 3. The van der Waals surface area contributed by atoms with Crippen molar-refractivity contribution in [1.82, 2.24) is 4.90 Å². The van der Waals surface area contributed by atoms with Crippen LogP contribution in [0.5, 0.6) is 0 Å². The lowest BCUT2D eigenvalue weighted by molar-refractivity contribution is 0.00147. The first-order valence-corrected chi connectivity index (χ1v) is 5.68. The molecule has 0 aliphatic carbocycles. The lowest BCUT2D eigenvalue weighted by Crippen LogP contribution is -2.30. The number of guanidine groups is 1. The van der Waals surface area contributed by atoms with Gasteiger partial charge in [0.25, 0.3) is 0 Å². The highest BCUT2D eigenvalue weighted by molar-refractivity contribution is 5.77. The summed E-state index contributed by atoms with van der Waals surface area (Å²) in [7, 11) is 3.82. The Balaban J connectivity index is 2.22. The molecule has 4 heteroatoms. The van der Waals surface area contributed by atoms with E-state index in [0.29, 0.717) is 12.1 Å². The predicted molar refractivity (Wildman–Crippen MR) is 62.9 cm³/mol. The lowest BCUT2D eigenvalue weighted by atomic mass is 9.93. The molecule has 0 saturated carbocycles. The van der Waals surface area contributed by atoms with Gasteiger partial charge >= 0.3 is 0 Å². The Morgan fingerprint density at radius 1 is 1.53 bits per heavy atom. The first kappa shape index (κ1) is 12.3. The van der Waals surface area contributed by atoms with Crippen molar-refractivity contribution in [2.75, 3.05) is 27.2 Å². The summed E-state index contributed by atoms with van der Waals surface area (Å²) < 4.78 is 5.50. The van der Waals surface area contributed by atoms with E-state index in [4.69, 9.17) is 10.5 Å². The summed E-state index contributed by atoms with van der Waals surface area (Å²) in [5.74, 6) is 1.38. The molecule has 88 valence electrons. The number of aliphatic imine (C=N–C) groups is 1. The molecule has 0 amide bonds. The van der Waals surface area contributed by atoms with E-state index in [0.717, 1.165) is 31.9 Å². The number of nitrogens with two attached hydrogens (primary N) is 1. The van der Waals surface area contributed by atoms with Crippen molar-refractivity contribution in [3.8, 4) is 0 Å². The summed E-state index contributed by atoms with van der Waals surface area (Å²) >= 11 is 0. The van der Waals surface area contributed by atoms with Crippen LogP contribution in [-0.4, -0.2) is 44.2 Å². The van der Waals surface area contributed by atoms with E-state index in [1.807, 2.05) is 19.0 Å². The van der Waals surface area contributed by atoms with Gasteiger partial charge in [0, 0.05) is 27.2 Å². The predicted octanol–water partition coefficient (Wildman–Crippen LogP) is 1.07. The summed E-state index contributed by atoms with van der Waals surface area (Å²) in [6, 6.07) is 0. The van der Waals surface area contributed by atoms with Crippen LogP contribution in [0.1, 0.15) is 26.2 Å². The van der Waals surface area contributed by atoms with Gasteiger partial charge in [-0.1, -0.05) is 0 Å². The van der Waals surface area contributed by atoms with Crippen LogP contribution in [0.25, 0.3) is 0 Å². The minimum atomic E-state index is 0.416. The second kappa shape index (κ2) is 5.95. The molecule has 0 spiro atoms. The Bertz CT molecular complexity index is 216. The molecule has 1 saturated heterocycles. The smallest absolute Gasteiger partial charge is 0.190 e. The Morgan fingerprint density at radius 2 is 2.27 bits per heavy atom. The van der Waals surface area contributed by atoms with Crippen LogP contribution < -0.4 is 5.73 Å². The van der Waals surface area contributed by atoms with Gasteiger partial charge in [0.05, 0.1) is 6.10 Å². The van der Waals surface area contributed by atoms with Crippen LogP contribution in [0.4, 0.5) is 0 Å². The maximum absolute atomic E-state index is 5.71. The van der Waals surface area contributed by atoms with E-state index in [9.17, 15) is 0 Å². The largest absolute Gasteiger partial charge is 0.378 e. The fourth-order valence-electron chi connectivity index (χ4n) is 1.86. The van der Waals surface area contributed by atoms with E-state index >= 15 is 0 Å². The highest BCUT2D eigenvalue weighted by Crippen LogP contribution is 2.22. The molecule has 1 rings (SSSR count). The van der Waals surface area contributed by atoms with Crippen LogP contribution in [0, 0.1) is 5.92 Å². The molecule has 2 N–H and O–H groups in total. The Labute approximate surface area is 92.5 Å². The fourth-order valence-corrected chi connectivity index (χ4v) is 1.86. The highest BCUT2D eigenvalue weighted by Gasteiger charge is 2.18. The molecule has 4 nitrogen and oxygen atoms in total. The molecule has 15 heavy (non-hydrogen) atoms. The highest BCUT2D eigenvalue weighted by atomic mass is 16.5. The Hall–Kier alpha value is -0.770. The molecule has 0 radical (unpaired) electrons. The third kappa shape index (κ3) is 4.51. The lowest BCUT2D eigenvalue weighted by Gasteiger charge is -2.26. The third-order valence-corrected chi connectivity index (χ3v) is 2.86. The molecule has 0 unspecified atom stereocenters. The molecule has 0 aromatic rings. The molecule has 0 aromatic heterocycles. The zero-order valence-corrected chi connectivity index (χ0v) is 10.1. The summed E-state index contributed by atoms with van der Waals surface area (Å²) in [5.41, 5.74) is 5.71. The van der Waals surface area contributed by atoms with Crippen LogP contribution in [0.2, 0.25) is 0 Å². The SMILES string of the molecule is C[C@H]1C[C@@H](CCN=C(N)N(C)C)CCO1. The summed E-state index contributed by atoms with van der Waals surface area (Å²) in [5, 5.41) is 0. The first-order chi connectivity index (χ1) is 7.09. The maximum atomic E-state index is 5.71. The zero-order chi connectivity index (χ0) is 11.3. The normalized spacial score (nSPS) is 27.8. The standard InChI is InChI=1S/C11H23N3O/c1-9-8-10(5-7-15-9)4-6-13-11(12)14(2)3/h9-10H,4-8H2,1-3H3,(H2,12,13)/t9-,10-/m0/s1. The summed E-state index contributed by atoms with van der Waals surface area (Å²) in [6.07, 6.45) is 3.88. The van der Waals surface area contributed by atoms with Crippen molar-refractivity contribution < 1.29 is 4.74 Å². The van der Waals surface area contributed by atoms with E-state index in [1.54, 1.807) is 0 Å². The maximum Gasteiger partial charge on any atom is 0.190 e. The van der Waals surface area contributed by atoms with Gasteiger partial charge in [0.2, 0.25) is 0 Å². The average Bonchev–Trinajstić information content (AvgIpc) is 2.17. The van der Waals surface area contributed by atoms with Gasteiger partial charge in [0.1, 0.15) is 0 Å². The quantitative estimate of drug-likeness (QED) is 0.563.